The highest BCUT2D eigenvalue weighted by Crippen LogP contribution is 2.37. The van der Waals surface area contributed by atoms with E-state index in [1.165, 1.54) is 25.3 Å². The van der Waals surface area contributed by atoms with Gasteiger partial charge >= 0.3 is 6.18 Å². The summed E-state index contributed by atoms with van der Waals surface area (Å²) in [5.41, 5.74) is -0.531. The summed E-state index contributed by atoms with van der Waals surface area (Å²) in [7, 11) is 1.29. The Morgan fingerprint density at radius 3 is 2.33 bits per heavy atom. The first-order valence-electron chi connectivity index (χ1n) is 10.3. The van der Waals surface area contributed by atoms with Gasteiger partial charge in [0.2, 0.25) is 0 Å². The monoisotopic (exact) mass is 579 g/mol. The number of aliphatic hydroxyl groups excluding tert-OH is 4. The first-order chi connectivity index (χ1) is 17.0. The number of fused-ring (bicyclic) bond motifs is 1. The Labute approximate surface area is 210 Å². The molecular formula is C22H22BrF4N3O6. The summed E-state index contributed by atoms with van der Waals surface area (Å²) < 4.78 is 64.2. The molecule has 0 spiro atoms. The molecule has 5 N–H and O–H groups in total. The van der Waals surface area contributed by atoms with Gasteiger partial charge in [-0.15, -0.1) is 0 Å². The topological polar surface area (TPSA) is 137 Å². The van der Waals surface area contributed by atoms with Crippen molar-refractivity contribution in [1.82, 2.24) is 9.97 Å². The molecule has 3 rings (SSSR count). The van der Waals surface area contributed by atoms with Crippen molar-refractivity contribution >= 4 is 38.3 Å². The summed E-state index contributed by atoms with van der Waals surface area (Å²) in [5.74, 6) is 0.166. The Morgan fingerprint density at radius 1 is 1.00 bits per heavy atom. The number of aliphatic hydroxyl groups is 4. The van der Waals surface area contributed by atoms with Crippen molar-refractivity contribution in [3.63, 3.8) is 0 Å². The highest BCUT2D eigenvalue weighted by Gasteiger charge is 2.34. The summed E-state index contributed by atoms with van der Waals surface area (Å²) in [4.78, 5) is 8.20. The van der Waals surface area contributed by atoms with Crippen LogP contribution in [0, 0.1) is 0 Å². The van der Waals surface area contributed by atoms with Crippen molar-refractivity contribution in [2.75, 3.05) is 25.6 Å². The van der Waals surface area contributed by atoms with Crippen LogP contribution < -0.4 is 14.8 Å². The van der Waals surface area contributed by atoms with E-state index >= 15 is 0 Å². The summed E-state index contributed by atoms with van der Waals surface area (Å²) in [6.45, 7) is -1.87. The van der Waals surface area contributed by atoms with Gasteiger partial charge in [-0.2, -0.15) is 13.2 Å². The van der Waals surface area contributed by atoms with Crippen molar-refractivity contribution in [3.8, 4) is 11.5 Å². The first kappa shape index (κ1) is 27.8. The van der Waals surface area contributed by atoms with E-state index in [0.29, 0.717) is 5.39 Å². The molecule has 0 fully saturated rings. The minimum absolute atomic E-state index is 0.0406. The van der Waals surface area contributed by atoms with Gasteiger partial charge in [0.1, 0.15) is 24.4 Å². The van der Waals surface area contributed by atoms with Gasteiger partial charge in [-0.05, 0) is 24.3 Å². The van der Waals surface area contributed by atoms with Gasteiger partial charge in [-0.1, -0.05) is 15.9 Å². The van der Waals surface area contributed by atoms with Crippen LogP contribution in [0.2, 0.25) is 0 Å². The Hall–Kier alpha value is -2.78. The summed E-state index contributed by atoms with van der Waals surface area (Å²) in [5, 5.41) is 41.6. The van der Waals surface area contributed by atoms with Gasteiger partial charge in [0.15, 0.2) is 23.8 Å². The van der Waals surface area contributed by atoms with Crippen LogP contribution in [0.25, 0.3) is 10.9 Å². The maximum atomic E-state index is 13.6. The fraction of sp³-hybridized carbons (Fsp3) is 0.364. The number of aromatic nitrogens is 2. The molecule has 9 nitrogen and oxygen atoms in total. The van der Waals surface area contributed by atoms with Crippen molar-refractivity contribution in [3.05, 3.63) is 46.7 Å². The zero-order valence-electron chi connectivity index (χ0n) is 18.6. The molecule has 0 radical (unpaired) electrons. The second-order valence-corrected chi connectivity index (χ2v) is 8.53. The Bertz CT molecular complexity index is 1200. The number of ether oxygens (including phenoxy) is 2. The van der Waals surface area contributed by atoms with E-state index in [9.17, 15) is 32.9 Å². The highest BCUT2D eigenvalue weighted by molar-refractivity contribution is 9.10. The third kappa shape index (κ3) is 6.31. The largest absolute Gasteiger partial charge is 0.493 e. The van der Waals surface area contributed by atoms with Gasteiger partial charge in [0, 0.05) is 21.6 Å². The van der Waals surface area contributed by atoms with Gasteiger partial charge in [0.25, 0.3) is 0 Å². The maximum absolute atomic E-state index is 13.6. The molecule has 0 unspecified atom stereocenters. The molecule has 0 aliphatic heterocycles. The Kier molecular flexibility index (Phi) is 8.89. The second kappa shape index (κ2) is 11.5. The SMILES string of the molecule is COc1cc2c(Nc3cc(Br)cc(C(F)(F)F)c3)ncnc2cc1O[C@H](CO)[C@H](O)[C@@H](O)[C@H](F)CO. The third-order valence-corrected chi connectivity index (χ3v) is 5.60. The van der Waals surface area contributed by atoms with Crippen LogP contribution in [0.3, 0.4) is 0 Å². The van der Waals surface area contributed by atoms with Crippen LogP contribution in [0.15, 0.2) is 41.1 Å². The number of alkyl halides is 4. The quantitative estimate of drug-likeness (QED) is 0.229. The average molecular weight is 580 g/mol. The molecule has 0 saturated carbocycles. The first-order valence-corrected chi connectivity index (χ1v) is 11.1. The number of rotatable bonds is 10. The van der Waals surface area contributed by atoms with E-state index in [-0.39, 0.29) is 33.0 Å². The van der Waals surface area contributed by atoms with Gasteiger partial charge in [-0.25, -0.2) is 14.4 Å². The van der Waals surface area contributed by atoms with Crippen LogP contribution in [-0.2, 0) is 6.18 Å². The molecule has 196 valence electrons. The maximum Gasteiger partial charge on any atom is 0.416 e. The molecule has 2 aromatic carbocycles. The minimum atomic E-state index is -4.57. The number of methoxy groups -OCH3 is 1. The average Bonchev–Trinajstić information content (AvgIpc) is 2.84. The number of halogens is 5. The number of benzene rings is 2. The lowest BCUT2D eigenvalue weighted by atomic mass is 10.0. The van der Waals surface area contributed by atoms with Gasteiger partial charge in [0.05, 0.1) is 31.4 Å². The van der Waals surface area contributed by atoms with Crippen molar-refractivity contribution in [2.45, 2.75) is 30.7 Å². The molecule has 14 heteroatoms. The van der Waals surface area contributed by atoms with E-state index in [1.54, 1.807) is 0 Å². The Balaban J connectivity index is 1.96. The molecule has 4 atom stereocenters. The molecule has 0 bridgehead atoms. The molecule has 1 aromatic heterocycles. The molecule has 0 saturated heterocycles. The number of nitrogens with one attached hydrogen (secondary N) is 1. The number of hydrogen-bond donors (Lipinski definition) is 5. The molecule has 0 aliphatic carbocycles. The lowest BCUT2D eigenvalue weighted by Gasteiger charge is -2.28. The van der Waals surface area contributed by atoms with E-state index in [0.717, 1.165) is 18.5 Å². The third-order valence-electron chi connectivity index (χ3n) is 5.14. The second-order valence-electron chi connectivity index (χ2n) is 7.61. The Morgan fingerprint density at radius 2 is 1.72 bits per heavy atom. The molecule has 1 heterocycles. The van der Waals surface area contributed by atoms with Crippen LogP contribution in [-0.4, -0.2) is 75.2 Å². The van der Waals surface area contributed by atoms with E-state index in [2.05, 4.69) is 31.2 Å². The predicted octanol–water partition coefficient (Wildman–Crippen LogP) is 2.96. The number of nitrogens with zero attached hydrogens (tertiary/aromatic N) is 2. The van der Waals surface area contributed by atoms with Crippen molar-refractivity contribution < 1.29 is 47.5 Å². The lowest BCUT2D eigenvalue weighted by Crippen LogP contribution is -2.48. The fourth-order valence-corrected chi connectivity index (χ4v) is 3.79. The minimum Gasteiger partial charge on any atom is -0.493 e. The van der Waals surface area contributed by atoms with Gasteiger partial charge < -0.3 is 35.2 Å². The van der Waals surface area contributed by atoms with Crippen LogP contribution in [0.4, 0.5) is 29.1 Å². The normalized spacial score (nSPS) is 15.3. The van der Waals surface area contributed by atoms with Crippen LogP contribution in [0.1, 0.15) is 5.56 Å². The van der Waals surface area contributed by atoms with E-state index < -0.39 is 49.4 Å². The predicted molar refractivity (Wildman–Crippen MR) is 124 cm³/mol. The number of hydrogen-bond acceptors (Lipinski definition) is 9. The van der Waals surface area contributed by atoms with Gasteiger partial charge in [-0.3, -0.25) is 0 Å². The van der Waals surface area contributed by atoms with Crippen molar-refractivity contribution in [2.24, 2.45) is 0 Å². The van der Waals surface area contributed by atoms with Crippen LogP contribution in [0.5, 0.6) is 11.5 Å². The molecule has 0 aliphatic rings. The fourth-order valence-electron chi connectivity index (χ4n) is 3.30. The summed E-state index contributed by atoms with van der Waals surface area (Å²) in [6, 6.07) is 6.05. The standard InChI is InChI=1S/C22H22BrF4N3O6/c1-35-16-5-13-15(6-17(16)36-18(8-32)20(34)19(33)14(24)7-31)28-9-29-21(13)30-12-3-10(22(25,26)27)2-11(23)4-12/h2-6,9,14,18-20,31-34H,7-8H2,1H3,(H,28,29,30)/t14-,18-,19+,20+/m1/s1. The highest BCUT2D eigenvalue weighted by atomic mass is 79.9. The zero-order valence-corrected chi connectivity index (χ0v) is 20.2. The van der Waals surface area contributed by atoms with E-state index in [1.807, 2.05) is 0 Å². The van der Waals surface area contributed by atoms with E-state index in [4.69, 9.17) is 14.6 Å². The van der Waals surface area contributed by atoms with Crippen LogP contribution >= 0.6 is 15.9 Å². The van der Waals surface area contributed by atoms with Crippen molar-refractivity contribution in [1.29, 1.82) is 0 Å². The summed E-state index contributed by atoms with van der Waals surface area (Å²) in [6.07, 6.45) is -11.0. The molecule has 0 amide bonds. The molecular weight excluding hydrogens is 558 g/mol. The lowest BCUT2D eigenvalue weighted by molar-refractivity contribution is -0.137. The smallest absolute Gasteiger partial charge is 0.416 e. The summed E-state index contributed by atoms with van der Waals surface area (Å²) >= 11 is 3.06. The molecule has 3 aromatic rings. The zero-order chi connectivity index (χ0) is 26.6. The number of anilines is 2. The molecule has 36 heavy (non-hydrogen) atoms.